The third kappa shape index (κ3) is 11.6. The molecule has 1 atom stereocenters. The van der Waals surface area contributed by atoms with Crippen LogP contribution in [0.1, 0.15) is 0 Å². The first-order valence-corrected chi connectivity index (χ1v) is 7.41. The van der Waals surface area contributed by atoms with E-state index < -0.39 is 21.9 Å². The van der Waals surface area contributed by atoms with Crippen LogP contribution in [0, 0.1) is 0 Å². The van der Waals surface area contributed by atoms with Gasteiger partial charge < -0.3 is 19.7 Å². The summed E-state index contributed by atoms with van der Waals surface area (Å²) in [6, 6.07) is 0. The van der Waals surface area contributed by atoms with Gasteiger partial charge in [0.1, 0.15) is 6.61 Å². The van der Waals surface area contributed by atoms with E-state index in [-0.39, 0.29) is 19.0 Å². The molecule has 0 fully saturated rings. The zero-order valence-electron chi connectivity index (χ0n) is 8.66. The van der Waals surface area contributed by atoms with Crippen molar-refractivity contribution in [2.24, 2.45) is 0 Å². The first kappa shape index (κ1) is 15.6. The molecule has 1 unspecified atom stereocenters. The molecular weight excluding hydrogens is 256 g/mol. The Morgan fingerprint density at radius 3 is 2.25 bits per heavy atom. The number of carboxylic acids is 2. The highest BCUT2D eigenvalue weighted by Gasteiger charge is 2.04. The van der Waals surface area contributed by atoms with Gasteiger partial charge in [-0.25, -0.2) is 4.79 Å². The lowest BCUT2D eigenvalue weighted by Crippen LogP contribution is -2.13. The topological polar surface area (TPSA) is 93.1 Å². The number of hydrogen-bond donors (Lipinski definition) is 4. The van der Waals surface area contributed by atoms with Crippen LogP contribution >= 0.6 is 21.6 Å². The molecule has 0 saturated heterocycles. The molecule has 8 heteroatoms. The second kappa shape index (κ2) is 9.76. The molecular formula is C8H16O6S2. The highest BCUT2D eigenvalue weighted by molar-refractivity contribution is 8.78. The molecule has 0 radical (unpaired) electrons. The fourth-order valence-electron chi connectivity index (χ4n) is 0.785. The summed E-state index contributed by atoms with van der Waals surface area (Å²) in [5, 5.41) is 16.7. The van der Waals surface area contributed by atoms with Crippen LogP contribution < -0.4 is 0 Å². The van der Waals surface area contributed by atoms with E-state index >= 15 is 0 Å². The predicted octanol–water partition coefficient (Wildman–Crippen LogP) is 0.0348. The summed E-state index contributed by atoms with van der Waals surface area (Å²) < 4.78 is 9.86. The molecule has 0 bridgehead atoms. The van der Waals surface area contributed by atoms with Gasteiger partial charge in [-0.05, 0) is 0 Å². The van der Waals surface area contributed by atoms with Gasteiger partial charge in [-0.2, -0.15) is 9.93 Å². The summed E-state index contributed by atoms with van der Waals surface area (Å²) in [7, 11) is -0.820. The van der Waals surface area contributed by atoms with E-state index in [1.165, 1.54) is 0 Å². The van der Waals surface area contributed by atoms with E-state index in [9.17, 15) is 9.59 Å². The van der Waals surface area contributed by atoms with Crippen molar-refractivity contribution >= 4 is 33.5 Å². The zero-order chi connectivity index (χ0) is 12.4. The Hall–Kier alpha value is -0.440. The van der Waals surface area contributed by atoms with E-state index in [0.717, 1.165) is 0 Å². The molecule has 0 saturated carbocycles. The summed E-state index contributed by atoms with van der Waals surface area (Å²) in [5.41, 5.74) is 0. The van der Waals surface area contributed by atoms with E-state index in [2.05, 4.69) is 11.7 Å². The number of rotatable bonds is 10. The van der Waals surface area contributed by atoms with Crippen molar-refractivity contribution in [3.05, 3.63) is 0 Å². The molecule has 0 aliphatic carbocycles. The number of aliphatic carboxylic acids is 2. The number of ether oxygens (including phenoxy) is 2. The SMILES string of the molecule is O=C(O)COCCOCC[SH](S)CC(=O)O. The van der Waals surface area contributed by atoms with Crippen LogP contribution in [0.2, 0.25) is 0 Å². The number of hydrogen-bond acceptors (Lipinski definition) is 5. The highest BCUT2D eigenvalue weighted by Crippen LogP contribution is 2.28. The molecule has 0 spiro atoms. The third-order valence-electron chi connectivity index (χ3n) is 1.41. The molecule has 0 aromatic rings. The van der Waals surface area contributed by atoms with Gasteiger partial charge in [-0.3, -0.25) is 4.79 Å². The lowest BCUT2D eigenvalue weighted by Gasteiger charge is -2.12. The maximum atomic E-state index is 10.3. The fourth-order valence-corrected chi connectivity index (χ4v) is 2.20. The minimum absolute atomic E-state index is 0.0668. The van der Waals surface area contributed by atoms with Gasteiger partial charge in [0.15, 0.2) is 0 Å². The van der Waals surface area contributed by atoms with Crippen LogP contribution in [-0.2, 0) is 19.1 Å². The van der Waals surface area contributed by atoms with Gasteiger partial charge in [-0.15, -0.1) is 11.7 Å². The lowest BCUT2D eigenvalue weighted by molar-refractivity contribution is -0.142. The largest absolute Gasteiger partial charge is 0.481 e. The molecule has 0 amide bonds. The second-order valence-electron chi connectivity index (χ2n) is 2.84. The van der Waals surface area contributed by atoms with Gasteiger partial charge in [-0.1, -0.05) is 0 Å². The molecule has 16 heavy (non-hydrogen) atoms. The molecule has 96 valence electrons. The zero-order valence-corrected chi connectivity index (χ0v) is 10.5. The van der Waals surface area contributed by atoms with Crippen molar-refractivity contribution in [1.82, 2.24) is 0 Å². The monoisotopic (exact) mass is 272 g/mol. The Morgan fingerprint density at radius 2 is 1.69 bits per heavy atom. The normalized spacial score (nSPS) is 13.4. The Kier molecular flexibility index (Phi) is 9.49. The Balaban J connectivity index is 3.20. The maximum absolute atomic E-state index is 10.3. The summed E-state index contributed by atoms with van der Waals surface area (Å²) in [4.78, 5) is 20.3. The average molecular weight is 272 g/mol. The van der Waals surface area contributed by atoms with Gasteiger partial charge >= 0.3 is 11.9 Å². The number of carbonyl (C=O) groups is 2. The van der Waals surface area contributed by atoms with Crippen LogP contribution in [0.5, 0.6) is 0 Å². The van der Waals surface area contributed by atoms with Crippen LogP contribution in [-0.4, -0.2) is 60.1 Å². The van der Waals surface area contributed by atoms with Crippen molar-refractivity contribution in [3.63, 3.8) is 0 Å². The van der Waals surface area contributed by atoms with Gasteiger partial charge in [0.25, 0.3) is 0 Å². The quantitative estimate of drug-likeness (QED) is 0.255. The Morgan fingerprint density at radius 1 is 1.06 bits per heavy atom. The first-order valence-electron chi connectivity index (χ1n) is 4.55. The first-order chi connectivity index (χ1) is 7.52. The van der Waals surface area contributed by atoms with Crippen molar-refractivity contribution in [1.29, 1.82) is 0 Å². The average Bonchev–Trinajstić information content (AvgIpc) is 2.14. The van der Waals surface area contributed by atoms with Crippen LogP contribution in [0.4, 0.5) is 0 Å². The summed E-state index contributed by atoms with van der Waals surface area (Å²) >= 11 is 4.13. The Labute approximate surface area is 101 Å². The van der Waals surface area contributed by atoms with Crippen LogP contribution in [0.15, 0.2) is 0 Å². The number of carboxylic acid groups (broad SMARTS) is 2. The van der Waals surface area contributed by atoms with E-state index in [4.69, 9.17) is 19.7 Å². The van der Waals surface area contributed by atoms with E-state index in [0.29, 0.717) is 19.0 Å². The Bertz CT molecular complexity index is 223. The van der Waals surface area contributed by atoms with E-state index in [1.54, 1.807) is 0 Å². The molecule has 0 aliphatic rings. The highest BCUT2D eigenvalue weighted by atomic mass is 33.1. The minimum atomic E-state index is -1.01. The van der Waals surface area contributed by atoms with Gasteiger partial charge in [0.2, 0.25) is 0 Å². The van der Waals surface area contributed by atoms with Crippen molar-refractivity contribution in [2.75, 3.05) is 37.9 Å². The second-order valence-corrected chi connectivity index (χ2v) is 6.31. The third-order valence-corrected chi connectivity index (χ3v) is 3.77. The van der Waals surface area contributed by atoms with Crippen molar-refractivity contribution < 1.29 is 29.3 Å². The van der Waals surface area contributed by atoms with Gasteiger partial charge in [0, 0.05) is 5.75 Å². The lowest BCUT2D eigenvalue weighted by atomic mass is 10.7. The molecule has 0 rings (SSSR count). The smallest absolute Gasteiger partial charge is 0.329 e. The minimum Gasteiger partial charge on any atom is -0.481 e. The van der Waals surface area contributed by atoms with Crippen molar-refractivity contribution in [3.8, 4) is 0 Å². The van der Waals surface area contributed by atoms with Gasteiger partial charge in [0.05, 0.1) is 25.6 Å². The molecule has 2 N–H and O–H groups in total. The van der Waals surface area contributed by atoms with Crippen LogP contribution in [0.3, 0.4) is 0 Å². The maximum Gasteiger partial charge on any atom is 0.329 e. The summed E-state index contributed by atoms with van der Waals surface area (Å²) in [5.74, 6) is -1.20. The summed E-state index contributed by atoms with van der Waals surface area (Å²) in [6.07, 6.45) is 0. The molecule has 0 aromatic carbocycles. The molecule has 0 aliphatic heterocycles. The molecule has 0 heterocycles. The van der Waals surface area contributed by atoms with Crippen LogP contribution in [0.25, 0.3) is 0 Å². The summed E-state index contributed by atoms with van der Waals surface area (Å²) in [6.45, 7) is 0.605. The standard InChI is InChI=1S/C8H16O6S2/c9-7(10)5-14-2-1-13-3-4-16(15)6-8(11)12/h15-16H,1-6H2,(H,9,10)(H,11,12). The number of thiol groups is 2. The molecule has 6 nitrogen and oxygen atoms in total. The fraction of sp³-hybridized carbons (Fsp3) is 0.750. The predicted molar refractivity (Wildman–Crippen MR) is 64.6 cm³/mol. The van der Waals surface area contributed by atoms with Crippen molar-refractivity contribution in [2.45, 2.75) is 0 Å². The van der Waals surface area contributed by atoms with E-state index in [1.807, 2.05) is 0 Å². The molecule has 0 aromatic heterocycles.